The van der Waals surface area contributed by atoms with Crippen LogP contribution in [0.2, 0.25) is 0 Å². The quantitative estimate of drug-likeness (QED) is 0.484. The van der Waals surface area contributed by atoms with Crippen molar-refractivity contribution in [2.75, 3.05) is 5.73 Å². The first-order valence-corrected chi connectivity index (χ1v) is 5.82. The molecule has 0 aromatic heterocycles. The molecule has 1 aromatic rings. The number of benzene rings is 1. The third-order valence-electron chi connectivity index (χ3n) is 3.17. The molecule has 0 saturated heterocycles. The molecule has 2 rings (SSSR count). The van der Waals surface area contributed by atoms with Gasteiger partial charge in [0.15, 0.2) is 0 Å². The fourth-order valence-electron chi connectivity index (χ4n) is 2.18. The number of nitrogens with one attached hydrogen (secondary N) is 1. The zero-order valence-electron chi connectivity index (χ0n) is 10.1. The molecular formula is C12H15N3O3. The molecule has 1 amide bonds. The summed E-state index contributed by atoms with van der Waals surface area (Å²) in [7, 11) is 0. The monoisotopic (exact) mass is 249 g/mol. The second-order valence-corrected chi connectivity index (χ2v) is 4.78. The molecule has 3 N–H and O–H groups in total. The molecule has 1 fully saturated rings. The van der Waals surface area contributed by atoms with Gasteiger partial charge in [-0.2, -0.15) is 0 Å². The number of nitro benzene ring substituents is 1. The van der Waals surface area contributed by atoms with Crippen LogP contribution in [0.5, 0.6) is 0 Å². The topological polar surface area (TPSA) is 98.3 Å². The molecule has 1 aliphatic rings. The van der Waals surface area contributed by atoms with E-state index in [2.05, 4.69) is 12.2 Å². The van der Waals surface area contributed by atoms with Gasteiger partial charge in [0.25, 0.3) is 11.6 Å². The van der Waals surface area contributed by atoms with Gasteiger partial charge in [0.1, 0.15) is 5.56 Å². The maximum absolute atomic E-state index is 12.0. The van der Waals surface area contributed by atoms with Crippen LogP contribution in [0.15, 0.2) is 18.2 Å². The number of rotatable bonds is 3. The average molecular weight is 249 g/mol. The summed E-state index contributed by atoms with van der Waals surface area (Å²) in [4.78, 5) is 22.2. The number of carbonyl (C=O) groups is 1. The molecular weight excluding hydrogens is 234 g/mol. The first kappa shape index (κ1) is 12.3. The Morgan fingerprint density at radius 3 is 2.72 bits per heavy atom. The number of nitrogens with zero attached hydrogens (tertiary/aromatic N) is 1. The summed E-state index contributed by atoms with van der Waals surface area (Å²) in [6.07, 6.45) is 1.84. The van der Waals surface area contributed by atoms with Crippen LogP contribution < -0.4 is 11.1 Å². The smallest absolute Gasteiger partial charge is 0.282 e. The summed E-state index contributed by atoms with van der Waals surface area (Å²) in [6, 6.07) is 4.14. The minimum atomic E-state index is -0.572. The zero-order valence-corrected chi connectivity index (χ0v) is 10.1. The molecule has 0 radical (unpaired) electrons. The van der Waals surface area contributed by atoms with Crippen LogP contribution in [-0.2, 0) is 0 Å². The maximum atomic E-state index is 12.0. The van der Waals surface area contributed by atoms with Gasteiger partial charge < -0.3 is 11.1 Å². The van der Waals surface area contributed by atoms with Crippen molar-refractivity contribution in [3.05, 3.63) is 33.9 Å². The average Bonchev–Trinajstić information content (AvgIpc) is 2.26. The minimum absolute atomic E-state index is 0.0274. The van der Waals surface area contributed by atoms with Gasteiger partial charge in [-0.05, 0) is 30.9 Å². The van der Waals surface area contributed by atoms with E-state index in [0.29, 0.717) is 11.6 Å². The number of carbonyl (C=O) groups excluding carboxylic acids is 1. The van der Waals surface area contributed by atoms with E-state index in [-0.39, 0.29) is 17.3 Å². The van der Waals surface area contributed by atoms with E-state index in [1.54, 1.807) is 0 Å². The number of nitrogen functional groups attached to an aromatic ring is 1. The van der Waals surface area contributed by atoms with Gasteiger partial charge in [0.05, 0.1) is 4.92 Å². The van der Waals surface area contributed by atoms with Gasteiger partial charge in [-0.1, -0.05) is 6.92 Å². The highest BCUT2D eigenvalue weighted by Gasteiger charge is 2.29. The Morgan fingerprint density at radius 1 is 1.50 bits per heavy atom. The Bertz CT molecular complexity index is 495. The van der Waals surface area contributed by atoms with Crippen LogP contribution >= 0.6 is 0 Å². The molecule has 0 bridgehead atoms. The van der Waals surface area contributed by atoms with Crippen LogP contribution in [0.4, 0.5) is 11.4 Å². The van der Waals surface area contributed by atoms with Crippen molar-refractivity contribution in [3.63, 3.8) is 0 Å². The molecule has 0 atom stereocenters. The molecule has 6 heteroatoms. The third kappa shape index (κ3) is 2.42. The minimum Gasteiger partial charge on any atom is -0.399 e. The van der Waals surface area contributed by atoms with Gasteiger partial charge in [-0.25, -0.2) is 0 Å². The highest BCUT2D eigenvalue weighted by molar-refractivity contribution is 5.99. The Kier molecular flexibility index (Phi) is 3.18. The summed E-state index contributed by atoms with van der Waals surface area (Å²) >= 11 is 0. The number of hydrogen-bond donors (Lipinski definition) is 2. The van der Waals surface area contributed by atoms with Crippen molar-refractivity contribution in [1.82, 2.24) is 5.32 Å². The molecule has 1 aromatic carbocycles. The summed E-state index contributed by atoms with van der Waals surface area (Å²) in [5, 5.41) is 13.6. The van der Waals surface area contributed by atoms with Crippen LogP contribution in [0.25, 0.3) is 0 Å². The Labute approximate surface area is 104 Å². The highest BCUT2D eigenvalue weighted by Crippen LogP contribution is 2.27. The lowest BCUT2D eigenvalue weighted by Crippen LogP contribution is -2.43. The molecule has 0 spiro atoms. The standard InChI is InChI=1S/C12H15N3O3/c1-7-4-9(5-7)14-12(16)10-6-8(13)2-3-11(10)15(17)18/h2-3,6-7,9H,4-5,13H2,1H3,(H,14,16). The van der Waals surface area contributed by atoms with Crippen LogP contribution in [0, 0.1) is 16.0 Å². The number of amides is 1. The summed E-state index contributed by atoms with van der Waals surface area (Å²) in [5.41, 5.74) is 5.72. The van der Waals surface area contributed by atoms with E-state index in [4.69, 9.17) is 5.73 Å². The van der Waals surface area contributed by atoms with Crippen LogP contribution in [0.3, 0.4) is 0 Å². The van der Waals surface area contributed by atoms with Crippen LogP contribution in [-0.4, -0.2) is 16.9 Å². The molecule has 6 nitrogen and oxygen atoms in total. The van der Waals surface area contributed by atoms with E-state index in [1.165, 1.54) is 18.2 Å². The number of nitro groups is 1. The number of nitrogens with two attached hydrogens (primary N) is 1. The van der Waals surface area contributed by atoms with E-state index < -0.39 is 10.8 Å². The van der Waals surface area contributed by atoms with E-state index in [1.807, 2.05) is 0 Å². The van der Waals surface area contributed by atoms with Gasteiger partial charge in [0, 0.05) is 17.8 Å². The van der Waals surface area contributed by atoms with Gasteiger partial charge in [-0.3, -0.25) is 14.9 Å². The zero-order chi connectivity index (χ0) is 13.3. The SMILES string of the molecule is CC1CC(NC(=O)c2cc(N)ccc2[N+](=O)[O-])C1. The molecule has 1 aliphatic carbocycles. The summed E-state index contributed by atoms with van der Waals surface area (Å²) in [5.74, 6) is 0.178. The van der Waals surface area contributed by atoms with Crippen molar-refractivity contribution in [1.29, 1.82) is 0 Å². The van der Waals surface area contributed by atoms with Gasteiger partial charge in [0.2, 0.25) is 0 Å². The Hall–Kier alpha value is -2.11. The predicted molar refractivity (Wildman–Crippen MR) is 67.2 cm³/mol. The second kappa shape index (κ2) is 4.64. The molecule has 18 heavy (non-hydrogen) atoms. The third-order valence-corrected chi connectivity index (χ3v) is 3.17. The van der Waals surface area contributed by atoms with E-state index in [0.717, 1.165) is 12.8 Å². The van der Waals surface area contributed by atoms with Gasteiger partial charge >= 0.3 is 0 Å². The predicted octanol–water partition coefficient (Wildman–Crippen LogP) is 1.71. The maximum Gasteiger partial charge on any atom is 0.282 e. The fraction of sp³-hybridized carbons (Fsp3) is 0.417. The largest absolute Gasteiger partial charge is 0.399 e. The summed E-state index contributed by atoms with van der Waals surface area (Å²) < 4.78 is 0. The van der Waals surface area contributed by atoms with Crippen LogP contribution in [0.1, 0.15) is 30.1 Å². The lowest BCUT2D eigenvalue weighted by molar-refractivity contribution is -0.385. The Balaban J connectivity index is 2.18. The lowest BCUT2D eigenvalue weighted by atomic mass is 9.82. The van der Waals surface area contributed by atoms with Gasteiger partial charge in [-0.15, -0.1) is 0 Å². The van der Waals surface area contributed by atoms with Crippen molar-refractivity contribution in [3.8, 4) is 0 Å². The molecule has 0 heterocycles. The van der Waals surface area contributed by atoms with E-state index >= 15 is 0 Å². The molecule has 1 saturated carbocycles. The van der Waals surface area contributed by atoms with E-state index in [9.17, 15) is 14.9 Å². The fourth-order valence-corrected chi connectivity index (χ4v) is 2.18. The second-order valence-electron chi connectivity index (χ2n) is 4.78. The van der Waals surface area contributed by atoms with Crippen molar-refractivity contribution in [2.45, 2.75) is 25.8 Å². The highest BCUT2D eigenvalue weighted by atomic mass is 16.6. The lowest BCUT2D eigenvalue weighted by Gasteiger charge is -2.33. The first-order valence-electron chi connectivity index (χ1n) is 5.82. The number of anilines is 1. The normalized spacial score (nSPS) is 22.1. The molecule has 0 aliphatic heterocycles. The molecule has 96 valence electrons. The number of hydrogen-bond acceptors (Lipinski definition) is 4. The first-order chi connectivity index (χ1) is 8.47. The Morgan fingerprint density at radius 2 is 2.17 bits per heavy atom. The van der Waals surface area contributed by atoms with Crippen molar-refractivity contribution < 1.29 is 9.72 Å². The van der Waals surface area contributed by atoms with Crippen molar-refractivity contribution in [2.24, 2.45) is 5.92 Å². The van der Waals surface area contributed by atoms with Crippen molar-refractivity contribution >= 4 is 17.3 Å². The molecule has 0 unspecified atom stereocenters. The summed E-state index contributed by atoms with van der Waals surface area (Å²) in [6.45, 7) is 2.10.